The first-order chi connectivity index (χ1) is 17.5. The smallest absolute Gasteiger partial charge is 0.416 e. The minimum atomic E-state index is -4.59. The number of hydrogen-bond acceptors (Lipinski definition) is 4. The molecule has 0 bridgehead atoms. The predicted octanol–water partition coefficient (Wildman–Crippen LogP) is 6.70. The van der Waals surface area contributed by atoms with E-state index < -0.39 is 27.6 Å². The molecular weight excluding hydrogens is 505 g/mol. The van der Waals surface area contributed by atoms with Crippen molar-refractivity contribution in [2.24, 2.45) is 0 Å². The van der Waals surface area contributed by atoms with E-state index in [1.807, 2.05) is 0 Å². The van der Waals surface area contributed by atoms with E-state index in [0.717, 1.165) is 18.2 Å². The van der Waals surface area contributed by atoms with Gasteiger partial charge in [0.25, 0.3) is 0 Å². The molecule has 190 valence electrons. The summed E-state index contributed by atoms with van der Waals surface area (Å²) in [6.45, 7) is 0. The van der Waals surface area contributed by atoms with Gasteiger partial charge in [-0.05, 0) is 53.6 Å². The van der Waals surface area contributed by atoms with Gasteiger partial charge in [-0.15, -0.1) is 0 Å². The summed E-state index contributed by atoms with van der Waals surface area (Å²) in [4.78, 5) is 12.7. The molecule has 0 saturated heterocycles. The Morgan fingerprint density at radius 3 is 2.24 bits per heavy atom. The Morgan fingerprint density at radius 2 is 1.54 bits per heavy atom. The van der Waals surface area contributed by atoms with Crippen molar-refractivity contribution in [1.29, 1.82) is 0 Å². The monoisotopic (exact) mass is 526 g/mol. The van der Waals surface area contributed by atoms with Gasteiger partial charge in [0.2, 0.25) is 0 Å². The number of carbonyl (C=O) groups is 1. The Balaban J connectivity index is 1.67. The summed E-state index contributed by atoms with van der Waals surface area (Å²) in [5.41, 5.74) is 0.523. The fourth-order valence-corrected chi connectivity index (χ4v) is 5.05. The second-order valence-corrected chi connectivity index (χ2v) is 10.1. The van der Waals surface area contributed by atoms with E-state index in [9.17, 15) is 31.5 Å². The number of phenols is 1. The highest BCUT2D eigenvalue weighted by Crippen LogP contribution is 2.34. The normalized spacial score (nSPS) is 11.6. The summed E-state index contributed by atoms with van der Waals surface area (Å²) < 4.78 is 65.3. The fourth-order valence-electron chi connectivity index (χ4n) is 3.68. The van der Waals surface area contributed by atoms with Crippen LogP contribution in [-0.2, 0) is 21.8 Å². The highest BCUT2D eigenvalue weighted by molar-refractivity contribution is 7.90. The summed E-state index contributed by atoms with van der Waals surface area (Å²) in [6.07, 6.45) is -4.59. The highest BCUT2D eigenvalue weighted by Gasteiger charge is 2.30. The van der Waals surface area contributed by atoms with Crippen molar-refractivity contribution in [2.75, 3.05) is 10.6 Å². The predicted molar refractivity (Wildman–Crippen MR) is 135 cm³/mol. The Bertz CT molecular complexity index is 1540. The molecule has 10 heteroatoms. The number of alkyl halides is 3. The average molecular weight is 527 g/mol. The quantitative estimate of drug-likeness (QED) is 0.261. The average Bonchev–Trinajstić information content (AvgIpc) is 2.84. The Kier molecular flexibility index (Phi) is 7.21. The molecule has 0 unspecified atom stereocenters. The molecule has 0 aromatic heterocycles. The molecule has 0 saturated carbocycles. The van der Waals surface area contributed by atoms with Crippen LogP contribution in [0.1, 0.15) is 11.1 Å². The van der Waals surface area contributed by atoms with Gasteiger partial charge in [0.05, 0.1) is 21.9 Å². The van der Waals surface area contributed by atoms with Crippen molar-refractivity contribution >= 4 is 27.2 Å². The maximum atomic E-state index is 13.1. The molecule has 3 N–H and O–H groups in total. The van der Waals surface area contributed by atoms with Gasteiger partial charge in [-0.25, -0.2) is 13.2 Å². The Morgan fingerprint density at radius 1 is 0.811 bits per heavy atom. The lowest BCUT2D eigenvalue weighted by molar-refractivity contribution is -0.137. The zero-order chi connectivity index (χ0) is 26.6. The zero-order valence-corrected chi connectivity index (χ0v) is 20.0. The number of hydrogen-bond donors (Lipinski definition) is 3. The molecule has 4 rings (SSSR count). The SMILES string of the molecule is O=C(Nc1cccc(C(F)(F)F)c1)Nc1cc(S(=O)(=O)Cc2ccccc2)ccc1-c1cccc(O)c1. The number of amides is 2. The van der Waals surface area contributed by atoms with Crippen molar-refractivity contribution in [3.8, 4) is 16.9 Å². The number of benzene rings is 4. The lowest BCUT2D eigenvalue weighted by Gasteiger charge is -2.15. The van der Waals surface area contributed by atoms with Crippen LogP contribution in [0.3, 0.4) is 0 Å². The van der Waals surface area contributed by atoms with Crippen LogP contribution < -0.4 is 10.6 Å². The molecule has 0 spiro atoms. The van der Waals surface area contributed by atoms with Crippen molar-refractivity contribution in [2.45, 2.75) is 16.8 Å². The number of sulfone groups is 1. The van der Waals surface area contributed by atoms with E-state index in [1.54, 1.807) is 42.5 Å². The second-order valence-electron chi connectivity index (χ2n) is 8.16. The van der Waals surface area contributed by atoms with Crippen molar-refractivity contribution in [3.63, 3.8) is 0 Å². The summed E-state index contributed by atoms with van der Waals surface area (Å²) in [7, 11) is -3.81. The molecule has 0 aliphatic rings. The number of anilines is 2. The zero-order valence-electron chi connectivity index (χ0n) is 19.2. The van der Waals surface area contributed by atoms with E-state index in [0.29, 0.717) is 16.7 Å². The fraction of sp³-hybridized carbons (Fsp3) is 0.0741. The van der Waals surface area contributed by atoms with E-state index in [-0.39, 0.29) is 27.8 Å². The van der Waals surface area contributed by atoms with Crippen LogP contribution in [-0.4, -0.2) is 19.6 Å². The topological polar surface area (TPSA) is 95.5 Å². The molecule has 4 aromatic carbocycles. The first-order valence-electron chi connectivity index (χ1n) is 11.0. The Hall–Kier alpha value is -4.31. The van der Waals surface area contributed by atoms with E-state index in [2.05, 4.69) is 10.6 Å². The summed E-state index contributed by atoms with van der Waals surface area (Å²) in [5.74, 6) is -0.313. The van der Waals surface area contributed by atoms with Gasteiger partial charge in [-0.3, -0.25) is 0 Å². The molecule has 37 heavy (non-hydrogen) atoms. The molecular formula is C27H21F3N2O4S. The molecule has 4 aromatic rings. The first kappa shape index (κ1) is 25.8. The molecule has 6 nitrogen and oxygen atoms in total. The van der Waals surface area contributed by atoms with Gasteiger partial charge in [0.1, 0.15) is 5.75 Å². The maximum Gasteiger partial charge on any atom is 0.416 e. The van der Waals surface area contributed by atoms with Gasteiger partial charge in [-0.2, -0.15) is 13.2 Å². The number of nitrogens with one attached hydrogen (secondary N) is 2. The second kappa shape index (κ2) is 10.4. The molecule has 0 fully saturated rings. The van der Waals surface area contributed by atoms with E-state index in [1.165, 1.54) is 36.4 Å². The third-order valence-corrected chi connectivity index (χ3v) is 7.09. The van der Waals surface area contributed by atoms with Crippen LogP contribution in [0.25, 0.3) is 11.1 Å². The third kappa shape index (κ3) is 6.47. The molecule has 0 aliphatic heterocycles. The molecule has 0 heterocycles. The highest BCUT2D eigenvalue weighted by atomic mass is 32.2. The van der Waals surface area contributed by atoms with Gasteiger partial charge < -0.3 is 15.7 Å². The molecule has 2 amide bonds. The van der Waals surface area contributed by atoms with Gasteiger partial charge in [0, 0.05) is 11.3 Å². The van der Waals surface area contributed by atoms with E-state index in [4.69, 9.17) is 0 Å². The van der Waals surface area contributed by atoms with Crippen molar-refractivity contribution in [3.05, 3.63) is 108 Å². The summed E-state index contributed by atoms with van der Waals surface area (Å²) in [5, 5.41) is 14.8. The van der Waals surface area contributed by atoms with Crippen molar-refractivity contribution in [1.82, 2.24) is 0 Å². The number of phenolic OH excluding ortho intramolecular Hbond substituents is 1. The lowest BCUT2D eigenvalue weighted by atomic mass is 10.0. The maximum absolute atomic E-state index is 13.1. The number of aromatic hydroxyl groups is 1. The van der Waals surface area contributed by atoms with E-state index >= 15 is 0 Å². The van der Waals surface area contributed by atoms with Crippen LogP contribution >= 0.6 is 0 Å². The van der Waals surface area contributed by atoms with Crippen LogP contribution in [0, 0.1) is 0 Å². The van der Waals surface area contributed by atoms with Crippen LogP contribution in [0.5, 0.6) is 5.75 Å². The van der Waals surface area contributed by atoms with Gasteiger partial charge >= 0.3 is 12.2 Å². The third-order valence-electron chi connectivity index (χ3n) is 5.40. The number of halogens is 3. The summed E-state index contributed by atoms with van der Waals surface area (Å²) in [6, 6.07) is 22.1. The molecule has 0 radical (unpaired) electrons. The number of carbonyl (C=O) groups excluding carboxylic acids is 1. The first-order valence-corrected chi connectivity index (χ1v) is 12.6. The minimum Gasteiger partial charge on any atom is -0.508 e. The van der Waals surface area contributed by atoms with Crippen LogP contribution in [0.15, 0.2) is 102 Å². The summed E-state index contributed by atoms with van der Waals surface area (Å²) >= 11 is 0. The number of rotatable bonds is 6. The number of urea groups is 1. The van der Waals surface area contributed by atoms with Gasteiger partial charge in [-0.1, -0.05) is 54.6 Å². The lowest BCUT2D eigenvalue weighted by Crippen LogP contribution is -2.20. The van der Waals surface area contributed by atoms with Crippen LogP contribution in [0.2, 0.25) is 0 Å². The van der Waals surface area contributed by atoms with Crippen LogP contribution in [0.4, 0.5) is 29.3 Å². The molecule has 0 aliphatic carbocycles. The standard InChI is InChI=1S/C27H21F3N2O4S/c28-27(29,30)20-9-5-10-21(15-20)31-26(34)32-25-16-23(37(35,36)17-18-6-2-1-3-7-18)12-13-24(25)19-8-4-11-22(33)14-19/h1-16,33H,17H2,(H2,31,32,34). The Labute approximate surface area is 211 Å². The minimum absolute atomic E-state index is 0.0438. The largest absolute Gasteiger partial charge is 0.508 e. The molecule has 0 atom stereocenters. The van der Waals surface area contributed by atoms with Crippen molar-refractivity contribution < 1.29 is 31.5 Å². The van der Waals surface area contributed by atoms with Gasteiger partial charge in [0.15, 0.2) is 9.84 Å².